The van der Waals surface area contributed by atoms with Crippen molar-refractivity contribution in [2.45, 2.75) is 84.3 Å². The Hall–Kier alpha value is -5.35. The van der Waals surface area contributed by atoms with E-state index in [-0.39, 0.29) is 32.0 Å². The van der Waals surface area contributed by atoms with Gasteiger partial charge in [-0.05, 0) is 74.9 Å². The summed E-state index contributed by atoms with van der Waals surface area (Å²) in [6.07, 6.45) is 0.506. The third kappa shape index (κ3) is 13.8. The number of rotatable bonds is 18. The lowest BCUT2D eigenvalue weighted by Crippen LogP contribution is -2.59. The number of amides is 1. The second-order valence-electron chi connectivity index (χ2n) is 13.3. The maximum Gasteiger partial charge on any atom is 0.422 e. The van der Waals surface area contributed by atoms with Crippen LogP contribution in [0.3, 0.4) is 0 Å². The molecule has 0 aliphatic rings. The number of carbonyl (C=O) groups is 3. The topological polar surface area (TPSA) is 121 Å². The molecule has 0 saturated carbocycles. The van der Waals surface area contributed by atoms with E-state index in [4.69, 9.17) is 23.7 Å². The molecule has 0 fully saturated rings. The molecule has 10 nitrogen and oxygen atoms in total. The second kappa shape index (κ2) is 19.2. The lowest BCUT2D eigenvalue weighted by Gasteiger charge is -2.30. The van der Waals surface area contributed by atoms with Crippen LogP contribution >= 0.6 is 0 Å². The molecule has 4 aromatic rings. The van der Waals surface area contributed by atoms with E-state index in [1.807, 2.05) is 109 Å². The van der Waals surface area contributed by atoms with Gasteiger partial charge in [-0.15, -0.1) is 0 Å². The highest BCUT2D eigenvalue weighted by atomic mass is 16.6. The minimum atomic E-state index is -1.41. The maximum atomic E-state index is 13.6. The van der Waals surface area contributed by atoms with Gasteiger partial charge in [0.05, 0.1) is 6.61 Å². The van der Waals surface area contributed by atoms with Crippen molar-refractivity contribution in [1.82, 2.24) is 10.9 Å². The summed E-state index contributed by atoms with van der Waals surface area (Å²) in [6, 6.07) is 34.5. The van der Waals surface area contributed by atoms with Crippen LogP contribution in [0.5, 0.6) is 11.5 Å². The van der Waals surface area contributed by atoms with Crippen molar-refractivity contribution in [3.8, 4) is 11.5 Å². The first-order valence-electron chi connectivity index (χ1n) is 17.1. The van der Waals surface area contributed by atoms with Crippen LogP contribution in [0, 0.1) is 0 Å². The molecule has 0 saturated heterocycles. The third-order valence-electron chi connectivity index (χ3n) is 7.58. The van der Waals surface area contributed by atoms with Crippen molar-refractivity contribution in [1.29, 1.82) is 0 Å². The summed E-state index contributed by atoms with van der Waals surface area (Å²) in [7, 11) is 0. The molecule has 0 aliphatic carbocycles. The van der Waals surface area contributed by atoms with Gasteiger partial charge in [0.2, 0.25) is 0 Å². The molecule has 270 valence electrons. The van der Waals surface area contributed by atoms with Crippen LogP contribution in [-0.4, -0.2) is 35.8 Å². The molecule has 1 amide bonds. The normalized spacial score (nSPS) is 12.2. The average molecular weight is 697 g/mol. The van der Waals surface area contributed by atoms with E-state index in [9.17, 15) is 14.4 Å². The zero-order chi connectivity index (χ0) is 36.5. The van der Waals surface area contributed by atoms with Crippen molar-refractivity contribution < 1.29 is 38.1 Å². The van der Waals surface area contributed by atoms with E-state index in [0.29, 0.717) is 37.6 Å². The fourth-order valence-electron chi connectivity index (χ4n) is 4.94. The van der Waals surface area contributed by atoms with Crippen molar-refractivity contribution in [3.05, 3.63) is 131 Å². The van der Waals surface area contributed by atoms with Gasteiger partial charge in [0.15, 0.2) is 11.5 Å². The van der Waals surface area contributed by atoms with Gasteiger partial charge in [-0.1, -0.05) is 97.1 Å². The predicted octanol–water partition coefficient (Wildman–Crippen LogP) is 7.63. The van der Waals surface area contributed by atoms with Gasteiger partial charge in [0, 0.05) is 12.8 Å². The van der Waals surface area contributed by atoms with Gasteiger partial charge in [-0.25, -0.2) is 15.0 Å². The lowest BCUT2D eigenvalue weighted by atomic mass is 9.93. The molecule has 10 heteroatoms. The molecular weight excluding hydrogens is 648 g/mol. The van der Waals surface area contributed by atoms with E-state index in [2.05, 4.69) is 10.9 Å². The monoisotopic (exact) mass is 696 g/mol. The summed E-state index contributed by atoms with van der Waals surface area (Å²) in [5.74, 6) is 0.133. The van der Waals surface area contributed by atoms with E-state index < -0.39 is 23.2 Å². The molecule has 0 spiro atoms. The van der Waals surface area contributed by atoms with E-state index in [0.717, 1.165) is 22.3 Å². The highest BCUT2D eigenvalue weighted by molar-refractivity contribution is 5.81. The van der Waals surface area contributed by atoms with Crippen LogP contribution in [0.25, 0.3) is 0 Å². The molecule has 2 N–H and O–H groups in total. The molecule has 1 unspecified atom stereocenters. The van der Waals surface area contributed by atoms with Gasteiger partial charge < -0.3 is 23.7 Å². The Morgan fingerprint density at radius 1 is 0.608 bits per heavy atom. The number of nitrogens with one attached hydrogen (secondary N) is 2. The van der Waals surface area contributed by atoms with E-state index >= 15 is 0 Å². The Labute approximate surface area is 300 Å². The fourth-order valence-corrected chi connectivity index (χ4v) is 4.94. The molecule has 1 atom stereocenters. The molecule has 4 rings (SSSR count). The minimum Gasteiger partial charge on any atom is -0.485 e. The van der Waals surface area contributed by atoms with Crippen LogP contribution in [0.2, 0.25) is 0 Å². The number of esters is 2. The number of ether oxygens (including phenoxy) is 5. The van der Waals surface area contributed by atoms with E-state index in [1.165, 1.54) is 0 Å². The predicted molar refractivity (Wildman–Crippen MR) is 194 cm³/mol. The van der Waals surface area contributed by atoms with Crippen molar-refractivity contribution in [2.24, 2.45) is 0 Å². The van der Waals surface area contributed by atoms with Gasteiger partial charge in [0.25, 0.3) is 0 Å². The standard InChI is InChI=1S/C41H48N2O8/c1-40(2,3)51-39(46)42-43-41(4,38(45)47-25-15-14-22-37(44)50-30-33-20-12-7-13-21-33)27-34-23-24-35(48-28-31-16-8-5-9-17-31)36(26-34)49-29-32-18-10-6-11-19-32/h5-13,16-21,23-24,26,43H,14-15,22,25,27-30H2,1-4H3,(H,42,46). The van der Waals surface area contributed by atoms with Crippen LogP contribution in [-0.2, 0) is 50.0 Å². The zero-order valence-corrected chi connectivity index (χ0v) is 29.8. The number of carbonyl (C=O) groups excluding carboxylic acids is 3. The summed E-state index contributed by atoms with van der Waals surface area (Å²) >= 11 is 0. The Balaban J connectivity index is 1.42. The molecule has 0 radical (unpaired) electrons. The Kier molecular flexibility index (Phi) is 14.4. The van der Waals surface area contributed by atoms with Gasteiger partial charge in [-0.3, -0.25) is 10.2 Å². The van der Waals surface area contributed by atoms with Crippen LogP contribution in [0.15, 0.2) is 109 Å². The summed E-state index contributed by atoms with van der Waals surface area (Å²) in [4.78, 5) is 38.4. The molecule has 0 bridgehead atoms. The first kappa shape index (κ1) is 38.5. The first-order chi connectivity index (χ1) is 24.5. The summed E-state index contributed by atoms with van der Waals surface area (Å²) in [5, 5.41) is 0. The smallest absolute Gasteiger partial charge is 0.422 e. The second-order valence-corrected chi connectivity index (χ2v) is 13.3. The number of hydrogen-bond acceptors (Lipinski definition) is 9. The number of unbranched alkanes of at least 4 members (excludes halogenated alkanes) is 1. The average Bonchev–Trinajstić information content (AvgIpc) is 3.12. The third-order valence-corrected chi connectivity index (χ3v) is 7.58. The van der Waals surface area contributed by atoms with Gasteiger partial charge in [-0.2, -0.15) is 0 Å². The SMILES string of the molecule is CC(C)(C)OC(=O)NNC(C)(Cc1ccc(OCc2ccccc2)c(OCc2ccccc2)c1)C(=O)OCCCCC(=O)OCc1ccccc1. The molecule has 0 aromatic heterocycles. The number of hydrazine groups is 1. The van der Waals surface area contributed by atoms with Crippen molar-refractivity contribution in [3.63, 3.8) is 0 Å². The number of hydrogen-bond donors (Lipinski definition) is 2. The maximum absolute atomic E-state index is 13.6. The largest absolute Gasteiger partial charge is 0.485 e. The Morgan fingerprint density at radius 3 is 1.73 bits per heavy atom. The van der Waals surface area contributed by atoms with Crippen LogP contribution in [0.1, 0.15) is 69.2 Å². The first-order valence-corrected chi connectivity index (χ1v) is 17.1. The summed E-state index contributed by atoms with van der Waals surface area (Å²) in [5.41, 5.74) is 6.84. The van der Waals surface area contributed by atoms with Crippen molar-refractivity contribution in [2.75, 3.05) is 6.61 Å². The van der Waals surface area contributed by atoms with Crippen LogP contribution in [0.4, 0.5) is 4.79 Å². The summed E-state index contributed by atoms with van der Waals surface area (Å²) < 4.78 is 28.8. The summed E-state index contributed by atoms with van der Waals surface area (Å²) in [6.45, 7) is 7.82. The molecule has 51 heavy (non-hydrogen) atoms. The molecule has 0 heterocycles. The fraction of sp³-hybridized carbons (Fsp3) is 0.341. The Bertz CT molecular complexity index is 1680. The lowest BCUT2D eigenvalue weighted by molar-refractivity contribution is -0.151. The molecular formula is C41H48N2O8. The van der Waals surface area contributed by atoms with Gasteiger partial charge >= 0.3 is 18.0 Å². The molecule has 0 aliphatic heterocycles. The van der Waals surface area contributed by atoms with Crippen molar-refractivity contribution >= 4 is 18.0 Å². The quantitative estimate of drug-likeness (QED) is 0.0468. The molecule has 4 aromatic carbocycles. The zero-order valence-electron chi connectivity index (χ0n) is 29.8. The number of benzene rings is 4. The Morgan fingerprint density at radius 2 is 1.16 bits per heavy atom. The highest BCUT2D eigenvalue weighted by Crippen LogP contribution is 2.32. The highest BCUT2D eigenvalue weighted by Gasteiger charge is 2.36. The van der Waals surface area contributed by atoms with Gasteiger partial charge in [0.1, 0.15) is 31.0 Å². The van der Waals surface area contributed by atoms with Crippen LogP contribution < -0.4 is 20.3 Å². The minimum absolute atomic E-state index is 0.0756. The van der Waals surface area contributed by atoms with E-state index in [1.54, 1.807) is 27.7 Å².